The Hall–Kier alpha value is 0.0500. The zero-order valence-corrected chi connectivity index (χ0v) is 11.6. The van der Waals surface area contributed by atoms with Crippen molar-refractivity contribution in [2.75, 3.05) is 5.34 Å². The lowest BCUT2D eigenvalue weighted by atomic mass is 10.1. The Morgan fingerprint density at radius 1 is 1.00 bits per heavy atom. The van der Waals surface area contributed by atoms with Crippen LogP contribution in [0, 0.1) is 0 Å². The summed E-state index contributed by atoms with van der Waals surface area (Å²) in [7, 11) is 0. The van der Waals surface area contributed by atoms with E-state index in [1.54, 1.807) is 0 Å². The van der Waals surface area contributed by atoms with Crippen LogP contribution in [-0.2, 0) is 4.79 Å². The van der Waals surface area contributed by atoms with Crippen LogP contribution in [0.1, 0.15) is 59.3 Å². The molecule has 15 heavy (non-hydrogen) atoms. The lowest BCUT2D eigenvalue weighted by Gasteiger charge is -1.93. The van der Waals surface area contributed by atoms with Crippen molar-refractivity contribution in [3.05, 3.63) is 0 Å². The number of alkyl halides is 2. The number of hydrogen-bond acceptors (Lipinski definition) is 1. The molecule has 0 unspecified atom stereocenters. The fourth-order valence-electron chi connectivity index (χ4n) is 0.854. The van der Waals surface area contributed by atoms with Crippen LogP contribution in [0.3, 0.4) is 0 Å². The first-order chi connectivity index (χ1) is 7.06. The molecule has 0 atom stereocenters. The van der Waals surface area contributed by atoms with Crippen LogP contribution in [0.15, 0.2) is 0 Å². The van der Waals surface area contributed by atoms with Gasteiger partial charge in [0.1, 0.15) is 0 Å². The van der Waals surface area contributed by atoms with Gasteiger partial charge >= 0.3 is 0 Å². The zero-order valence-electron chi connectivity index (χ0n) is 10.1. The molecule has 2 nitrogen and oxygen atoms in total. The maximum absolute atomic E-state index is 9.00. The first-order valence-corrected chi connectivity index (χ1v) is 6.45. The van der Waals surface area contributed by atoms with E-state index < -0.39 is 5.97 Å². The van der Waals surface area contributed by atoms with Crippen molar-refractivity contribution < 1.29 is 9.90 Å². The molecule has 0 aromatic heterocycles. The third kappa shape index (κ3) is 80.0. The summed E-state index contributed by atoms with van der Waals surface area (Å²) in [5.41, 5.74) is 0. The van der Waals surface area contributed by atoms with Crippen molar-refractivity contribution in [2.24, 2.45) is 0 Å². The fourth-order valence-corrected chi connectivity index (χ4v) is 0.854. The number of carboxylic acid groups (broad SMARTS) is 1. The molecule has 0 aromatic carbocycles. The zero-order chi connectivity index (χ0) is 12.5. The van der Waals surface area contributed by atoms with Gasteiger partial charge in [0.2, 0.25) is 0 Å². The maximum Gasteiger partial charge on any atom is 0.300 e. The summed E-state index contributed by atoms with van der Waals surface area (Å²) in [5.74, 6) is -0.833. The highest BCUT2D eigenvalue weighted by molar-refractivity contribution is 6.40. The van der Waals surface area contributed by atoms with Gasteiger partial charge in [-0.1, -0.05) is 52.4 Å². The van der Waals surface area contributed by atoms with E-state index in [-0.39, 0.29) is 5.34 Å². The standard InChI is InChI=1S/C8H18.C2H4O2.CH2Cl2/c1-3-5-7-8-6-4-2;1-2(3)4;2-1-3/h3-8H2,1-2H3;1H3,(H,3,4);1H2. The molecule has 0 aliphatic heterocycles. The SMILES string of the molecule is CC(=O)O.CCCCCCCC.ClCCl. The summed E-state index contributed by atoms with van der Waals surface area (Å²) in [6.45, 7) is 5.60. The van der Waals surface area contributed by atoms with E-state index in [9.17, 15) is 0 Å². The lowest BCUT2D eigenvalue weighted by molar-refractivity contribution is -0.134. The summed E-state index contributed by atoms with van der Waals surface area (Å²) < 4.78 is 0. The number of hydrogen-bond donors (Lipinski definition) is 1. The summed E-state index contributed by atoms with van der Waals surface area (Å²) in [6.07, 6.45) is 8.49. The first kappa shape index (κ1) is 20.5. The molecular weight excluding hydrogens is 235 g/mol. The molecule has 0 aromatic rings. The van der Waals surface area contributed by atoms with Gasteiger partial charge < -0.3 is 5.11 Å². The molecule has 0 aliphatic carbocycles. The summed E-state index contributed by atoms with van der Waals surface area (Å²) in [6, 6.07) is 0. The first-order valence-electron chi connectivity index (χ1n) is 5.38. The molecule has 0 rings (SSSR count). The highest BCUT2D eigenvalue weighted by Crippen LogP contribution is 2.03. The Bertz CT molecular complexity index is 98.8. The molecule has 4 heteroatoms. The average Bonchev–Trinajstić information content (AvgIpc) is 2.13. The molecule has 0 aliphatic rings. The van der Waals surface area contributed by atoms with E-state index in [1.165, 1.54) is 38.5 Å². The minimum Gasteiger partial charge on any atom is -0.481 e. The third-order valence-corrected chi connectivity index (χ3v) is 1.46. The maximum atomic E-state index is 9.00. The van der Waals surface area contributed by atoms with Crippen LogP contribution < -0.4 is 0 Å². The van der Waals surface area contributed by atoms with Gasteiger partial charge in [-0.25, -0.2) is 0 Å². The van der Waals surface area contributed by atoms with E-state index in [0.29, 0.717) is 0 Å². The normalized spacial score (nSPS) is 8.07. The van der Waals surface area contributed by atoms with Crippen LogP contribution in [0.4, 0.5) is 0 Å². The van der Waals surface area contributed by atoms with Crippen molar-refractivity contribution in [2.45, 2.75) is 59.3 Å². The summed E-state index contributed by atoms with van der Waals surface area (Å²) >= 11 is 9.53. The molecular formula is C11H24Cl2O2. The largest absolute Gasteiger partial charge is 0.481 e. The van der Waals surface area contributed by atoms with Gasteiger partial charge in [0.05, 0.1) is 5.34 Å². The van der Waals surface area contributed by atoms with Crippen LogP contribution in [0.25, 0.3) is 0 Å². The highest BCUT2D eigenvalue weighted by Gasteiger charge is 1.83. The second kappa shape index (κ2) is 23.7. The van der Waals surface area contributed by atoms with E-state index >= 15 is 0 Å². The highest BCUT2D eigenvalue weighted by atomic mass is 35.5. The van der Waals surface area contributed by atoms with Crippen molar-refractivity contribution in [3.8, 4) is 0 Å². The molecule has 0 spiro atoms. The minimum atomic E-state index is -0.833. The van der Waals surface area contributed by atoms with Crippen LogP contribution in [0.2, 0.25) is 0 Å². The van der Waals surface area contributed by atoms with Crippen molar-refractivity contribution in [1.29, 1.82) is 0 Å². The predicted molar refractivity (Wildman–Crippen MR) is 68.9 cm³/mol. The van der Waals surface area contributed by atoms with Gasteiger partial charge in [0.25, 0.3) is 5.97 Å². The number of halogens is 2. The van der Waals surface area contributed by atoms with Crippen molar-refractivity contribution in [3.63, 3.8) is 0 Å². The second-order valence-electron chi connectivity index (χ2n) is 3.03. The summed E-state index contributed by atoms with van der Waals surface area (Å²) in [5, 5.41) is 7.61. The topological polar surface area (TPSA) is 37.3 Å². The van der Waals surface area contributed by atoms with Crippen molar-refractivity contribution in [1.82, 2.24) is 0 Å². The quantitative estimate of drug-likeness (QED) is 0.564. The molecule has 0 radical (unpaired) electrons. The van der Waals surface area contributed by atoms with E-state index in [2.05, 4.69) is 13.8 Å². The van der Waals surface area contributed by atoms with E-state index in [1.807, 2.05) is 0 Å². The van der Waals surface area contributed by atoms with Gasteiger partial charge in [-0.15, -0.1) is 23.2 Å². The fraction of sp³-hybridized carbons (Fsp3) is 0.909. The number of carboxylic acids is 1. The molecule has 0 saturated carbocycles. The molecule has 0 fully saturated rings. The smallest absolute Gasteiger partial charge is 0.300 e. The Morgan fingerprint density at radius 3 is 1.33 bits per heavy atom. The van der Waals surface area contributed by atoms with Crippen LogP contribution >= 0.6 is 23.2 Å². The Labute approximate surface area is 104 Å². The van der Waals surface area contributed by atoms with Gasteiger partial charge in [-0.3, -0.25) is 4.79 Å². The molecule has 0 saturated heterocycles. The van der Waals surface area contributed by atoms with Gasteiger partial charge in [-0.05, 0) is 0 Å². The Morgan fingerprint density at radius 2 is 1.20 bits per heavy atom. The third-order valence-electron chi connectivity index (χ3n) is 1.46. The summed E-state index contributed by atoms with van der Waals surface area (Å²) in [4.78, 5) is 9.00. The number of rotatable bonds is 5. The minimum absolute atomic E-state index is 0.194. The molecule has 0 bridgehead atoms. The van der Waals surface area contributed by atoms with Crippen LogP contribution in [0.5, 0.6) is 0 Å². The lowest BCUT2D eigenvalue weighted by Crippen LogP contribution is -1.78. The van der Waals surface area contributed by atoms with Gasteiger partial charge in [0.15, 0.2) is 0 Å². The second-order valence-corrected chi connectivity index (χ2v) is 3.84. The molecule has 1 N–H and O–H groups in total. The number of carbonyl (C=O) groups is 1. The number of unbranched alkanes of at least 4 members (excludes halogenated alkanes) is 5. The van der Waals surface area contributed by atoms with Crippen molar-refractivity contribution >= 4 is 29.2 Å². The Balaban J connectivity index is -0.000000173. The molecule has 0 heterocycles. The molecule has 0 amide bonds. The van der Waals surface area contributed by atoms with E-state index in [4.69, 9.17) is 33.1 Å². The predicted octanol–water partition coefficient (Wildman–Crippen LogP) is 4.88. The number of aliphatic carboxylic acids is 1. The van der Waals surface area contributed by atoms with Gasteiger partial charge in [-0.2, -0.15) is 0 Å². The average molecular weight is 259 g/mol. The van der Waals surface area contributed by atoms with Gasteiger partial charge in [0, 0.05) is 6.92 Å². The monoisotopic (exact) mass is 258 g/mol. The van der Waals surface area contributed by atoms with E-state index in [0.717, 1.165) is 6.92 Å². The Kier molecular flexibility index (Phi) is 32.3. The molecule has 94 valence electrons. The van der Waals surface area contributed by atoms with Crippen LogP contribution in [-0.4, -0.2) is 16.4 Å².